The number of nitrogens with zero attached hydrogens (tertiary/aromatic N) is 1. The second-order valence-corrected chi connectivity index (χ2v) is 4.53. The van der Waals surface area contributed by atoms with E-state index in [4.69, 9.17) is 11.6 Å². The lowest BCUT2D eigenvalue weighted by Gasteiger charge is -2.25. The third-order valence-corrected chi connectivity index (χ3v) is 2.97. The van der Waals surface area contributed by atoms with Gasteiger partial charge in [-0.2, -0.15) is 0 Å². The second kappa shape index (κ2) is 4.93. The minimum absolute atomic E-state index is 0.230. The average Bonchev–Trinajstić information content (AvgIpc) is 2.24. The number of hydrogen-bond acceptors (Lipinski definition) is 2. The van der Waals surface area contributed by atoms with Gasteiger partial charge in [0.05, 0.1) is 6.54 Å². The normalized spacial score (nSPS) is 17.8. The zero-order valence-corrected chi connectivity index (χ0v) is 9.63. The van der Waals surface area contributed by atoms with Crippen molar-refractivity contribution in [2.24, 2.45) is 0 Å². The summed E-state index contributed by atoms with van der Waals surface area (Å²) in [5, 5.41) is 0.528. The second-order valence-electron chi connectivity index (χ2n) is 4.09. The topological polar surface area (TPSA) is 20.3 Å². The Bertz CT molecular complexity index is 408. The van der Waals surface area contributed by atoms with Gasteiger partial charge in [0, 0.05) is 23.6 Å². The summed E-state index contributed by atoms with van der Waals surface area (Å²) in [7, 11) is 0. The van der Waals surface area contributed by atoms with E-state index in [0.717, 1.165) is 13.0 Å². The summed E-state index contributed by atoms with van der Waals surface area (Å²) in [5.74, 6) is -0.0314. The van der Waals surface area contributed by atoms with Gasteiger partial charge in [0.1, 0.15) is 11.6 Å². The molecule has 16 heavy (non-hydrogen) atoms. The van der Waals surface area contributed by atoms with E-state index < -0.39 is 0 Å². The molecule has 1 aliphatic rings. The van der Waals surface area contributed by atoms with Gasteiger partial charge in [0.25, 0.3) is 0 Å². The highest BCUT2D eigenvalue weighted by molar-refractivity contribution is 6.30. The van der Waals surface area contributed by atoms with E-state index in [2.05, 4.69) is 0 Å². The van der Waals surface area contributed by atoms with Gasteiger partial charge in [-0.1, -0.05) is 11.6 Å². The van der Waals surface area contributed by atoms with Crippen molar-refractivity contribution in [1.29, 1.82) is 0 Å². The quantitative estimate of drug-likeness (QED) is 0.794. The van der Waals surface area contributed by atoms with Crippen LogP contribution in [0.2, 0.25) is 5.02 Å². The molecule has 86 valence electrons. The van der Waals surface area contributed by atoms with Crippen molar-refractivity contribution in [3.8, 4) is 0 Å². The van der Waals surface area contributed by atoms with Gasteiger partial charge in [-0.3, -0.25) is 9.69 Å². The molecule has 0 aromatic heterocycles. The molecule has 0 aliphatic carbocycles. The van der Waals surface area contributed by atoms with E-state index in [1.807, 2.05) is 4.90 Å². The summed E-state index contributed by atoms with van der Waals surface area (Å²) in [6.07, 6.45) is 1.51. The van der Waals surface area contributed by atoms with Crippen LogP contribution in [0, 0.1) is 5.82 Å². The molecular weight excluding hydrogens is 229 g/mol. The van der Waals surface area contributed by atoms with Crippen molar-refractivity contribution in [2.75, 3.05) is 13.1 Å². The van der Waals surface area contributed by atoms with Crippen LogP contribution in [-0.4, -0.2) is 23.8 Å². The molecule has 2 rings (SSSR count). The van der Waals surface area contributed by atoms with E-state index in [0.29, 0.717) is 30.1 Å². The van der Waals surface area contributed by atoms with Crippen molar-refractivity contribution in [3.05, 3.63) is 34.6 Å². The van der Waals surface area contributed by atoms with Gasteiger partial charge in [0.15, 0.2) is 0 Å². The smallest absolute Gasteiger partial charge is 0.146 e. The average molecular weight is 242 g/mol. The molecule has 1 aromatic carbocycles. The summed E-state index contributed by atoms with van der Waals surface area (Å²) in [4.78, 5) is 13.2. The van der Waals surface area contributed by atoms with Crippen LogP contribution in [0.3, 0.4) is 0 Å². The molecule has 1 aromatic rings. The maximum atomic E-state index is 13.5. The molecule has 1 heterocycles. The number of carbonyl (C=O) groups is 1. The Labute approximate surface area is 99.0 Å². The van der Waals surface area contributed by atoms with Crippen LogP contribution in [0.5, 0.6) is 0 Å². The fourth-order valence-electron chi connectivity index (χ4n) is 1.95. The molecule has 0 spiro atoms. The number of hydrogen-bond donors (Lipinski definition) is 0. The Morgan fingerprint density at radius 2 is 2.25 bits per heavy atom. The van der Waals surface area contributed by atoms with Gasteiger partial charge in [0.2, 0.25) is 0 Å². The van der Waals surface area contributed by atoms with Gasteiger partial charge in [-0.05, 0) is 31.2 Å². The fraction of sp³-hybridized carbons (Fsp3) is 0.417. The number of piperidine rings is 1. The maximum absolute atomic E-state index is 13.5. The summed E-state index contributed by atoms with van der Waals surface area (Å²) >= 11 is 5.81. The molecule has 0 unspecified atom stereocenters. The van der Waals surface area contributed by atoms with Crippen molar-refractivity contribution >= 4 is 17.4 Å². The molecule has 0 radical (unpaired) electrons. The van der Waals surface area contributed by atoms with Crippen LogP contribution in [0.4, 0.5) is 4.39 Å². The first-order valence-electron chi connectivity index (χ1n) is 5.33. The zero-order chi connectivity index (χ0) is 11.5. The van der Waals surface area contributed by atoms with Crippen molar-refractivity contribution in [2.45, 2.75) is 19.4 Å². The highest BCUT2D eigenvalue weighted by Crippen LogP contribution is 2.18. The molecule has 1 saturated heterocycles. The van der Waals surface area contributed by atoms with Crippen LogP contribution < -0.4 is 0 Å². The van der Waals surface area contributed by atoms with Crippen molar-refractivity contribution < 1.29 is 9.18 Å². The van der Waals surface area contributed by atoms with Crippen LogP contribution in [0.15, 0.2) is 18.2 Å². The van der Waals surface area contributed by atoms with E-state index in [1.54, 1.807) is 6.07 Å². The monoisotopic (exact) mass is 241 g/mol. The Morgan fingerprint density at radius 3 is 3.00 bits per heavy atom. The first-order chi connectivity index (χ1) is 7.65. The minimum atomic E-state index is -0.262. The Morgan fingerprint density at radius 1 is 1.44 bits per heavy atom. The lowest BCUT2D eigenvalue weighted by Crippen LogP contribution is -2.35. The molecular formula is C12H13ClFNO. The number of Topliss-reactive ketones (excluding diaryl/α,β-unsaturated/α-hetero) is 1. The highest BCUT2D eigenvalue weighted by atomic mass is 35.5. The zero-order valence-electron chi connectivity index (χ0n) is 8.88. The molecule has 0 N–H and O–H groups in total. The van der Waals surface area contributed by atoms with Gasteiger partial charge in [-0.25, -0.2) is 4.39 Å². The SMILES string of the molecule is O=C1CCCN(Cc2cc(Cl)ccc2F)C1. The predicted molar refractivity (Wildman–Crippen MR) is 60.9 cm³/mol. The highest BCUT2D eigenvalue weighted by Gasteiger charge is 2.17. The molecule has 2 nitrogen and oxygen atoms in total. The number of halogens is 2. The van der Waals surface area contributed by atoms with E-state index in [1.165, 1.54) is 12.1 Å². The van der Waals surface area contributed by atoms with Crippen LogP contribution in [0.25, 0.3) is 0 Å². The molecule has 0 bridgehead atoms. The standard InChI is InChI=1S/C12H13ClFNO/c13-10-3-4-12(14)9(6-10)7-15-5-1-2-11(16)8-15/h3-4,6H,1-2,5,7-8H2. The molecule has 1 aliphatic heterocycles. The van der Waals surface area contributed by atoms with Gasteiger partial charge < -0.3 is 0 Å². The summed E-state index contributed by atoms with van der Waals surface area (Å²) in [6.45, 7) is 1.72. The largest absolute Gasteiger partial charge is 0.298 e. The first kappa shape index (κ1) is 11.6. The summed E-state index contributed by atoms with van der Waals surface area (Å²) in [5.41, 5.74) is 0.558. The molecule has 0 amide bonds. The van der Waals surface area contributed by atoms with Gasteiger partial charge in [-0.15, -0.1) is 0 Å². The Kier molecular flexibility index (Phi) is 3.56. The third-order valence-electron chi connectivity index (χ3n) is 2.73. The lowest BCUT2D eigenvalue weighted by atomic mass is 10.1. The minimum Gasteiger partial charge on any atom is -0.298 e. The summed E-state index contributed by atoms with van der Waals surface area (Å²) < 4.78 is 13.5. The van der Waals surface area contributed by atoms with Crippen LogP contribution >= 0.6 is 11.6 Å². The molecule has 4 heteroatoms. The lowest BCUT2D eigenvalue weighted by molar-refractivity contribution is -0.122. The number of likely N-dealkylation sites (tertiary alicyclic amines) is 1. The molecule has 0 atom stereocenters. The van der Waals surface area contributed by atoms with Crippen LogP contribution in [-0.2, 0) is 11.3 Å². The third kappa shape index (κ3) is 2.80. The summed E-state index contributed by atoms with van der Waals surface area (Å²) in [6, 6.07) is 4.52. The van der Waals surface area contributed by atoms with E-state index in [-0.39, 0.29) is 11.6 Å². The molecule has 0 saturated carbocycles. The number of ketones is 1. The Balaban J connectivity index is 2.08. The van der Waals surface area contributed by atoms with E-state index in [9.17, 15) is 9.18 Å². The van der Waals surface area contributed by atoms with Crippen molar-refractivity contribution in [3.63, 3.8) is 0 Å². The van der Waals surface area contributed by atoms with Gasteiger partial charge >= 0.3 is 0 Å². The van der Waals surface area contributed by atoms with E-state index >= 15 is 0 Å². The maximum Gasteiger partial charge on any atom is 0.146 e. The number of carbonyl (C=O) groups excluding carboxylic acids is 1. The number of rotatable bonds is 2. The van der Waals surface area contributed by atoms with Crippen molar-refractivity contribution in [1.82, 2.24) is 4.90 Å². The number of benzene rings is 1. The Hall–Kier alpha value is -0.930. The molecule has 1 fully saturated rings. The van der Waals surface area contributed by atoms with Crippen LogP contribution in [0.1, 0.15) is 18.4 Å². The fourth-order valence-corrected chi connectivity index (χ4v) is 2.14. The first-order valence-corrected chi connectivity index (χ1v) is 5.71. The predicted octanol–water partition coefficient (Wildman–Crippen LogP) is 2.64.